The molecule has 0 aliphatic carbocycles. The number of likely N-dealkylation sites (tertiary alicyclic amines) is 1. The average Bonchev–Trinajstić information content (AvgIpc) is 2.94. The van der Waals surface area contributed by atoms with Gasteiger partial charge in [-0.25, -0.2) is 0 Å². The Bertz CT molecular complexity index is 362. The number of carbonyl (C=O) groups is 1. The van der Waals surface area contributed by atoms with Crippen LogP contribution in [0.15, 0.2) is 17.5 Å². The normalized spacial score (nSPS) is 20.2. The molecule has 1 aromatic heterocycles. The molecular weight excluding hydrogens is 234 g/mol. The van der Waals surface area contributed by atoms with Gasteiger partial charge in [0, 0.05) is 11.4 Å². The van der Waals surface area contributed by atoms with Crippen LogP contribution in [0.5, 0.6) is 0 Å². The van der Waals surface area contributed by atoms with Gasteiger partial charge in [0.1, 0.15) is 6.61 Å². The number of rotatable bonds is 4. The Hall–Kier alpha value is -0.870. The quantitative estimate of drug-likeness (QED) is 0.825. The Balaban J connectivity index is 1.97. The maximum Gasteiger partial charge on any atom is 0.249 e. The second-order valence-electron chi connectivity index (χ2n) is 4.62. The van der Waals surface area contributed by atoms with Crippen LogP contribution in [-0.4, -0.2) is 30.1 Å². The summed E-state index contributed by atoms with van der Waals surface area (Å²) in [4.78, 5) is 15.3. The zero-order valence-corrected chi connectivity index (χ0v) is 11.2. The van der Waals surface area contributed by atoms with Crippen molar-refractivity contribution >= 4 is 17.2 Å². The van der Waals surface area contributed by atoms with E-state index in [1.807, 2.05) is 24.8 Å². The van der Waals surface area contributed by atoms with Gasteiger partial charge in [-0.3, -0.25) is 4.79 Å². The van der Waals surface area contributed by atoms with E-state index < -0.39 is 0 Å². The van der Waals surface area contributed by atoms with Crippen molar-refractivity contribution in [2.24, 2.45) is 0 Å². The van der Waals surface area contributed by atoms with Crippen LogP contribution in [0, 0.1) is 0 Å². The second kappa shape index (κ2) is 5.65. The lowest BCUT2D eigenvalue weighted by molar-refractivity contribution is -0.138. The van der Waals surface area contributed by atoms with E-state index in [1.54, 1.807) is 11.3 Å². The lowest BCUT2D eigenvalue weighted by Crippen LogP contribution is -2.34. The third-order valence-electron chi connectivity index (χ3n) is 2.98. The van der Waals surface area contributed by atoms with Crippen LogP contribution < -0.4 is 0 Å². The zero-order valence-electron chi connectivity index (χ0n) is 10.4. The summed E-state index contributed by atoms with van der Waals surface area (Å²) in [5.41, 5.74) is 0. The average molecular weight is 253 g/mol. The first-order valence-electron chi connectivity index (χ1n) is 6.13. The van der Waals surface area contributed by atoms with E-state index in [2.05, 4.69) is 11.4 Å². The van der Waals surface area contributed by atoms with Gasteiger partial charge in [0.05, 0.1) is 12.1 Å². The molecule has 4 heteroatoms. The number of nitrogens with zero attached hydrogens (tertiary/aromatic N) is 1. The van der Waals surface area contributed by atoms with Crippen molar-refractivity contribution in [2.45, 2.75) is 38.8 Å². The zero-order chi connectivity index (χ0) is 12.3. The van der Waals surface area contributed by atoms with Crippen LogP contribution in [0.1, 0.15) is 37.6 Å². The first-order valence-corrected chi connectivity index (χ1v) is 7.01. The van der Waals surface area contributed by atoms with Gasteiger partial charge in [-0.2, -0.15) is 0 Å². The second-order valence-corrected chi connectivity index (χ2v) is 5.60. The van der Waals surface area contributed by atoms with E-state index in [0.717, 1.165) is 19.4 Å². The van der Waals surface area contributed by atoms with Gasteiger partial charge in [-0.15, -0.1) is 11.3 Å². The largest absolute Gasteiger partial charge is 0.369 e. The highest BCUT2D eigenvalue weighted by atomic mass is 32.1. The smallest absolute Gasteiger partial charge is 0.249 e. The minimum Gasteiger partial charge on any atom is -0.369 e. The highest BCUT2D eigenvalue weighted by molar-refractivity contribution is 7.10. The van der Waals surface area contributed by atoms with Crippen LogP contribution in [0.4, 0.5) is 0 Å². The van der Waals surface area contributed by atoms with Crippen molar-refractivity contribution in [2.75, 3.05) is 13.2 Å². The van der Waals surface area contributed by atoms with Gasteiger partial charge in [0.15, 0.2) is 0 Å². The summed E-state index contributed by atoms with van der Waals surface area (Å²) in [7, 11) is 0. The van der Waals surface area contributed by atoms with Gasteiger partial charge in [0.25, 0.3) is 0 Å². The summed E-state index contributed by atoms with van der Waals surface area (Å²) < 4.78 is 5.39. The van der Waals surface area contributed by atoms with Crippen LogP contribution in [0.2, 0.25) is 0 Å². The van der Waals surface area contributed by atoms with Crippen molar-refractivity contribution in [3.05, 3.63) is 22.4 Å². The number of amides is 1. The number of carbonyl (C=O) groups excluding carboxylic acids is 1. The van der Waals surface area contributed by atoms with Gasteiger partial charge >= 0.3 is 0 Å². The molecule has 1 fully saturated rings. The van der Waals surface area contributed by atoms with E-state index in [4.69, 9.17) is 4.74 Å². The number of hydrogen-bond acceptors (Lipinski definition) is 3. The summed E-state index contributed by atoms with van der Waals surface area (Å²) in [6.45, 7) is 4.98. The first-order chi connectivity index (χ1) is 8.18. The number of thiophene rings is 1. The van der Waals surface area contributed by atoms with Gasteiger partial charge in [-0.1, -0.05) is 6.07 Å². The molecule has 0 N–H and O–H groups in total. The molecule has 1 amide bonds. The topological polar surface area (TPSA) is 29.5 Å². The van der Waals surface area contributed by atoms with Gasteiger partial charge < -0.3 is 9.64 Å². The molecule has 17 heavy (non-hydrogen) atoms. The lowest BCUT2D eigenvalue weighted by atomic mass is 10.2. The van der Waals surface area contributed by atoms with E-state index in [1.165, 1.54) is 4.88 Å². The molecule has 1 aromatic rings. The SMILES string of the molecule is CC(C)OCC(=O)N1CCCC1c1cccs1. The lowest BCUT2D eigenvalue weighted by Gasteiger charge is -2.24. The monoisotopic (exact) mass is 253 g/mol. The first kappa shape index (κ1) is 12.6. The molecule has 1 aliphatic rings. The van der Waals surface area contributed by atoms with E-state index >= 15 is 0 Å². The van der Waals surface area contributed by atoms with Crippen LogP contribution in [-0.2, 0) is 9.53 Å². The summed E-state index contributed by atoms with van der Waals surface area (Å²) in [5, 5.41) is 2.07. The Kier molecular flexibility index (Phi) is 4.18. The fourth-order valence-electron chi connectivity index (χ4n) is 2.16. The minimum atomic E-state index is 0.113. The molecule has 1 saturated heterocycles. The molecule has 1 atom stereocenters. The van der Waals surface area contributed by atoms with Crippen molar-refractivity contribution in [3.8, 4) is 0 Å². The fraction of sp³-hybridized carbons (Fsp3) is 0.615. The molecule has 0 saturated carbocycles. The van der Waals surface area contributed by atoms with Crippen molar-refractivity contribution < 1.29 is 9.53 Å². The van der Waals surface area contributed by atoms with Crippen LogP contribution in [0.3, 0.4) is 0 Å². The predicted molar refractivity (Wildman–Crippen MR) is 69.1 cm³/mol. The fourth-order valence-corrected chi connectivity index (χ4v) is 3.04. The standard InChI is InChI=1S/C13H19NO2S/c1-10(2)16-9-13(15)14-7-3-5-11(14)12-6-4-8-17-12/h4,6,8,10-11H,3,5,7,9H2,1-2H3. The molecule has 3 nitrogen and oxygen atoms in total. The van der Waals surface area contributed by atoms with Crippen molar-refractivity contribution in [1.82, 2.24) is 4.90 Å². The molecule has 2 rings (SSSR count). The highest BCUT2D eigenvalue weighted by Gasteiger charge is 2.30. The van der Waals surface area contributed by atoms with Crippen LogP contribution in [0.25, 0.3) is 0 Å². The molecule has 94 valence electrons. The van der Waals surface area contributed by atoms with Gasteiger partial charge in [-0.05, 0) is 38.1 Å². The van der Waals surface area contributed by atoms with E-state index in [0.29, 0.717) is 0 Å². The maximum atomic E-state index is 12.1. The molecular formula is C13H19NO2S. The Morgan fingerprint density at radius 2 is 2.47 bits per heavy atom. The molecule has 1 aliphatic heterocycles. The highest BCUT2D eigenvalue weighted by Crippen LogP contribution is 2.34. The van der Waals surface area contributed by atoms with E-state index in [9.17, 15) is 4.79 Å². The van der Waals surface area contributed by atoms with E-state index in [-0.39, 0.29) is 24.7 Å². The summed E-state index contributed by atoms with van der Waals surface area (Å²) in [6, 6.07) is 4.44. The molecule has 0 spiro atoms. The summed E-state index contributed by atoms with van der Waals surface area (Å²) in [6.07, 6.45) is 2.28. The van der Waals surface area contributed by atoms with Crippen molar-refractivity contribution in [1.29, 1.82) is 0 Å². The van der Waals surface area contributed by atoms with Crippen molar-refractivity contribution in [3.63, 3.8) is 0 Å². The Labute approximate surface area is 106 Å². The third-order valence-corrected chi connectivity index (χ3v) is 3.96. The predicted octanol–water partition coefficient (Wildman–Crippen LogP) is 2.84. The van der Waals surface area contributed by atoms with Gasteiger partial charge in [0.2, 0.25) is 5.91 Å². The minimum absolute atomic E-state index is 0.113. The Morgan fingerprint density at radius 1 is 1.65 bits per heavy atom. The molecule has 0 radical (unpaired) electrons. The molecule has 0 aromatic carbocycles. The number of hydrogen-bond donors (Lipinski definition) is 0. The third kappa shape index (κ3) is 3.07. The Morgan fingerprint density at radius 3 is 3.12 bits per heavy atom. The molecule has 2 heterocycles. The molecule has 0 bridgehead atoms. The summed E-state index contributed by atoms with van der Waals surface area (Å²) in [5.74, 6) is 0.120. The molecule has 1 unspecified atom stereocenters. The van der Waals surface area contributed by atoms with Crippen LogP contribution >= 0.6 is 11.3 Å². The maximum absolute atomic E-state index is 12.1. The summed E-state index contributed by atoms with van der Waals surface area (Å²) >= 11 is 1.73. The number of ether oxygens (including phenoxy) is 1.